The van der Waals surface area contributed by atoms with Crippen LogP contribution in [0.2, 0.25) is 5.02 Å². The number of aryl methyl sites for hydroxylation is 1. The third kappa shape index (κ3) is 5.64. The van der Waals surface area contributed by atoms with Gasteiger partial charge in [-0.2, -0.15) is 0 Å². The molecule has 0 spiro atoms. The number of halogens is 1. The largest absolute Gasteiger partial charge is 0.492 e. The van der Waals surface area contributed by atoms with Crippen molar-refractivity contribution >= 4 is 44.0 Å². The van der Waals surface area contributed by atoms with Crippen molar-refractivity contribution in [1.82, 2.24) is 5.32 Å². The van der Waals surface area contributed by atoms with Gasteiger partial charge in [-0.05, 0) is 47.5 Å². The lowest BCUT2D eigenvalue weighted by Crippen LogP contribution is -2.41. The molecule has 0 saturated carbocycles. The fraction of sp³-hybridized carbons (Fsp3) is 0.227. The van der Waals surface area contributed by atoms with Crippen molar-refractivity contribution in [2.45, 2.75) is 6.92 Å². The Morgan fingerprint density at radius 1 is 1.07 bits per heavy atom. The fourth-order valence-corrected chi connectivity index (χ4v) is 4.11. The molecule has 0 aliphatic carbocycles. The van der Waals surface area contributed by atoms with Crippen LogP contribution < -0.4 is 14.4 Å². The summed E-state index contributed by atoms with van der Waals surface area (Å²) in [5, 5.41) is 5.28. The summed E-state index contributed by atoms with van der Waals surface area (Å²) in [7, 11) is -3.66. The lowest BCUT2D eigenvalue weighted by molar-refractivity contribution is -0.119. The number of hydrogen-bond donors (Lipinski definition) is 1. The van der Waals surface area contributed by atoms with Crippen molar-refractivity contribution in [3.8, 4) is 5.75 Å². The van der Waals surface area contributed by atoms with Crippen LogP contribution in [0.15, 0.2) is 60.7 Å². The van der Waals surface area contributed by atoms with Gasteiger partial charge in [0, 0.05) is 5.02 Å². The number of carbonyl (C=O) groups is 1. The number of fused-ring (bicyclic) bond motifs is 1. The zero-order chi connectivity index (χ0) is 21.7. The van der Waals surface area contributed by atoms with Gasteiger partial charge in [-0.15, -0.1) is 0 Å². The molecule has 8 heteroatoms. The Bertz CT molecular complexity index is 1160. The maximum Gasteiger partial charge on any atom is 0.240 e. The number of carbonyl (C=O) groups excluding carboxylic acids is 1. The van der Waals surface area contributed by atoms with Crippen molar-refractivity contribution in [2.24, 2.45) is 0 Å². The summed E-state index contributed by atoms with van der Waals surface area (Å²) in [4.78, 5) is 12.4. The summed E-state index contributed by atoms with van der Waals surface area (Å²) >= 11 is 6.01. The summed E-state index contributed by atoms with van der Waals surface area (Å²) in [6.45, 7) is 1.94. The molecular formula is C22H23ClN2O4S. The van der Waals surface area contributed by atoms with E-state index in [4.69, 9.17) is 16.3 Å². The van der Waals surface area contributed by atoms with Gasteiger partial charge in [-0.25, -0.2) is 8.42 Å². The minimum absolute atomic E-state index is 0.248. The normalized spacial score (nSPS) is 11.3. The Hall–Kier alpha value is -2.77. The van der Waals surface area contributed by atoms with Crippen LogP contribution in [0.4, 0.5) is 5.69 Å². The van der Waals surface area contributed by atoms with Gasteiger partial charge >= 0.3 is 0 Å². The second-order valence-corrected chi connectivity index (χ2v) is 9.25. The average Bonchev–Trinajstić information content (AvgIpc) is 2.70. The van der Waals surface area contributed by atoms with Gasteiger partial charge < -0.3 is 10.1 Å². The van der Waals surface area contributed by atoms with E-state index in [0.717, 1.165) is 21.3 Å². The molecule has 3 aromatic carbocycles. The fourth-order valence-electron chi connectivity index (χ4n) is 3.04. The van der Waals surface area contributed by atoms with Crippen LogP contribution >= 0.6 is 11.6 Å². The van der Waals surface area contributed by atoms with Crippen LogP contribution in [-0.4, -0.2) is 40.3 Å². The standard InChI is InChI=1S/C22H23ClN2O4S/c1-16-7-9-19(23)14-21(16)25(30(2,27)28)15-22(26)24-11-12-29-20-10-8-17-5-3-4-6-18(17)13-20/h3-10,13-14H,11-12,15H2,1-2H3,(H,24,26). The molecule has 0 radical (unpaired) electrons. The van der Waals surface area contributed by atoms with Crippen LogP contribution in [0, 0.1) is 6.92 Å². The highest BCUT2D eigenvalue weighted by Gasteiger charge is 2.22. The Balaban J connectivity index is 1.57. The summed E-state index contributed by atoms with van der Waals surface area (Å²) in [6.07, 6.45) is 1.06. The van der Waals surface area contributed by atoms with Crippen LogP contribution in [-0.2, 0) is 14.8 Å². The molecule has 0 aliphatic heterocycles. The van der Waals surface area contributed by atoms with Crippen molar-refractivity contribution in [3.05, 3.63) is 71.2 Å². The Labute approximate surface area is 181 Å². The SMILES string of the molecule is Cc1ccc(Cl)cc1N(CC(=O)NCCOc1ccc2ccccc2c1)S(C)(=O)=O. The first-order valence-electron chi connectivity index (χ1n) is 9.36. The topological polar surface area (TPSA) is 75.7 Å². The molecule has 1 amide bonds. The molecule has 0 atom stereocenters. The molecule has 0 unspecified atom stereocenters. The third-order valence-electron chi connectivity index (χ3n) is 4.54. The molecule has 158 valence electrons. The van der Waals surface area contributed by atoms with E-state index in [0.29, 0.717) is 22.0 Å². The number of sulfonamides is 1. The van der Waals surface area contributed by atoms with Gasteiger partial charge in [0.1, 0.15) is 18.9 Å². The predicted molar refractivity (Wildman–Crippen MR) is 121 cm³/mol. The van der Waals surface area contributed by atoms with E-state index < -0.39 is 15.9 Å². The second kappa shape index (κ2) is 9.36. The smallest absolute Gasteiger partial charge is 0.240 e. The molecule has 0 aliphatic rings. The molecule has 1 N–H and O–H groups in total. The minimum atomic E-state index is -3.66. The molecule has 3 rings (SSSR count). The summed E-state index contributed by atoms with van der Waals surface area (Å²) in [6, 6.07) is 18.7. The van der Waals surface area contributed by atoms with E-state index >= 15 is 0 Å². The molecule has 0 fully saturated rings. The monoisotopic (exact) mass is 446 g/mol. The van der Waals surface area contributed by atoms with Gasteiger partial charge in [0.05, 0.1) is 18.5 Å². The maximum absolute atomic E-state index is 12.4. The van der Waals surface area contributed by atoms with E-state index in [2.05, 4.69) is 5.32 Å². The van der Waals surface area contributed by atoms with E-state index in [1.807, 2.05) is 42.5 Å². The first-order valence-corrected chi connectivity index (χ1v) is 11.6. The average molecular weight is 447 g/mol. The third-order valence-corrected chi connectivity index (χ3v) is 5.90. The van der Waals surface area contributed by atoms with Gasteiger partial charge in [-0.1, -0.05) is 48.0 Å². The number of rotatable bonds is 8. The molecular weight excluding hydrogens is 424 g/mol. The number of hydrogen-bond acceptors (Lipinski definition) is 4. The summed E-state index contributed by atoms with van der Waals surface area (Å²) in [5.74, 6) is 0.275. The maximum atomic E-state index is 12.4. The highest BCUT2D eigenvalue weighted by molar-refractivity contribution is 7.92. The molecule has 3 aromatic rings. The van der Waals surface area contributed by atoms with Crippen molar-refractivity contribution < 1.29 is 17.9 Å². The Morgan fingerprint density at radius 3 is 2.53 bits per heavy atom. The van der Waals surface area contributed by atoms with Crippen molar-refractivity contribution in [2.75, 3.05) is 30.3 Å². The molecule has 30 heavy (non-hydrogen) atoms. The predicted octanol–water partition coefficient (Wildman–Crippen LogP) is 3.76. The Morgan fingerprint density at radius 2 is 1.80 bits per heavy atom. The van der Waals surface area contributed by atoms with Crippen LogP contribution in [0.3, 0.4) is 0 Å². The number of benzene rings is 3. The van der Waals surface area contributed by atoms with E-state index in [1.165, 1.54) is 6.07 Å². The molecule has 0 heterocycles. The summed E-state index contributed by atoms with van der Waals surface area (Å²) < 4.78 is 31.2. The van der Waals surface area contributed by atoms with Crippen molar-refractivity contribution in [1.29, 1.82) is 0 Å². The lowest BCUT2D eigenvalue weighted by Gasteiger charge is -2.23. The zero-order valence-electron chi connectivity index (χ0n) is 16.8. The number of ether oxygens (including phenoxy) is 1. The van der Waals surface area contributed by atoms with Crippen molar-refractivity contribution in [3.63, 3.8) is 0 Å². The number of nitrogens with one attached hydrogen (secondary N) is 1. The Kier molecular flexibility index (Phi) is 6.84. The zero-order valence-corrected chi connectivity index (χ0v) is 18.3. The number of amides is 1. The molecule has 0 saturated heterocycles. The van der Waals surface area contributed by atoms with Crippen LogP contribution in [0.25, 0.3) is 10.8 Å². The molecule has 0 aromatic heterocycles. The van der Waals surface area contributed by atoms with Crippen LogP contribution in [0.5, 0.6) is 5.75 Å². The first kappa shape index (κ1) is 21.9. The molecule has 6 nitrogen and oxygen atoms in total. The van der Waals surface area contributed by atoms with E-state index in [-0.39, 0.29) is 19.7 Å². The quantitative estimate of drug-likeness (QED) is 0.534. The highest BCUT2D eigenvalue weighted by Crippen LogP contribution is 2.26. The van der Waals surface area contributed by atoms with Gasteiger partial charge in [0.25, 0.3) is 0 Å². The van der Waals surface area contributed by atoms with E-state index in [9.17, 15) is 13.2 Å². The minimum Gasteiger partial charge on any atom is -0.492 e. The van der Waals surface area contributed by atoms with E-state index in [1.54, 1.807) is 19.1 Å². The second-order valence-electron chi connectivity index (χ2n) is 6.91. The first-order chi connectivity index (χ1) is 14.2. The van der Waals surface area contributed by atoms with Gasteiger partial charge in [0.2, 0.25) is 15.9 Å². The van der Waals surface area contributed by atoms with Crippen LogP contribution in [0.1, 0.15) is 5.56 Å². The summed E-state index contributed by atoms with van der Waals surface area (Å²) in [5.41, 5.74) is 1.09. The van der Waals surface area contributed by atoms with Gasteiger partial charge in [-0.3, -0.25) is 9.10 Å². The number of nitrogens with zero attached hydrogens (tertiary/aromatic N) is 1. The molecule has 0 bridgehead atoms. The highest BCUT2D eigenvalue weighted by atomic mass is 35.5. The lowest BCUT2D eigenvalue weighted by atomic mass is 10.1. The number of anilines is 1. The van der Waals surface area contributed by atoms with Gasteiger partial charge in [0.15, 0.2) is 0 Å².